The van der Waals surface area contributed by atoms with Crippen LogP contribution in [0, 0.1) is 0 Å². The highest BCUT2D eigenvalue weighted by Crippen LogP contribution is 2.30. The van der Waals surface area contributed by atoms with E-state index in [1.54, 1.807) is 17.8 Å². The van der Waals surface area contributed by atoms with Crippen molar-refractivity contribution in [3.63, 3.8) is 0 Å². The zero-order chi connectivity index (χ0) is 15.5. The van der Waals surface area contributed by atoms with Gasteiger partial charge in [-0.1, -0.05) is 30.8 Å². The molecular weight excluding hydrogens is 297 g/mol. The van der Waals surface area contributed by atoms with Crippen molar-refractivity contribution in [1.29, 1.82) is 0 Å². The molecule has 0 amide bonds. The molecule has 1 aliphatic rings. The van der Waals surface area contributed by atoms with Gasteiger partial charge in [0, 0.05) is 11.3 Å². The Hall–Kier alpha value is -1.17. The summed E-state index contributed by atoms with van der Waals surface area (Å²) < 4.78 is 38.0. The molecule has 1 fully saturated rings. The van der Waals surface area contributed by atoms with Gasteiger partial charge in [-0.15, -0.1) is 0 Å². The number of amidine groups is 1. The van der Waals surface area contributed by atoms with Crippen LogP contribution in [0.25, 0.3) is 0 Å². The van der Waals surface area contributed by atoms with Crippen molar-refractivity contribution < 1.29 is 13.2 Å². The van der Waals surface area contributed by atoms with E-state index in [0.29, 0.717) is 5.56 Å². The summed E-state index contributed by atoms with van der Waals surface area (Å²) in [5, 5.41) is 4.21. The van der Waals surface area contributed by atoms with E-state index in [1.807, 2.05) is 0 Å². The van der Waals surface area contributed by atoms with Crippen LogP contribution < -0.4 is 5.32 Å². The topological polar surface area (TPSA) is 24.4 Å². The lowest BCUT2D eigenvalue weighted by atomic mass is 9.96. The Labute approximate surface area is 127 Å². The maximum Gasteiger partial charge on any atom is 0.416 e. The van der Waals surface area contributed by atoms with Gasteiger partial charge in [0.2, 0.25) is 0 Å². The van der Waals surface area contributed by atoms with E-state index >= 15 is 0 Å². The Morgan fingerprint density at radius 2 is 2.14 bits per heavy atom. The van der Waals surface area contributed by atoms with E-state index in [2.05, 4.69) is 24.2 Å². The molecule has 1 aromatic carbocycles. The van der Waals surface area contributed by atoms with Crippen LogP contribution in [-0.4, -0.2) is 16.5 Å². The summed E-state index contributed by atoms with van der Waals surface area (Å²) in [6, 6.07) is 5.34. The highest BCUT2D eigenvalue weighted by molar-refractivity contribution is 8.13. The number of halogens is 3. The van der Waals surface area contributed by atoms with Crippen LogP contribution in [0.3, 0.4) is 0 Å². The summed E-state index contributed by atoms with van der Waals surface area (Å²) in [4.78, 5) is 4.42. The number of hydrogen-bond acceptors (Lipinski definition) is 2. The molecule has 1 unspecified atom stereocenters. The number of hydrogen-bond donors (Lipinski definition) is 1. The molecule has 1 heterocycles. The molecule has 1 aliphatic heterocycles. The number of aliphatic imine (C=N–C) groups is 1. The minimum atomic E-state index is -4.30. The standard InChI is InChI=1S/C15H19F3N2S/c1-3-14(2)7-8-21-13(20-14)19-10-11-5-4-6-12(9-11)15(16,17)18/h4-6,9H,3,7-8,10H2,1-2H3,(H,19,20). The second-order valence-corrected chi connectivity index (χ2v) is 6.54. The van der Waals surface area contributed by atoms with Crippen LogP contribution in [0.5, 0.6) is 0 Å². The first-order valence-corrected chi connectivity index (χ1v) is 7.92. The molecule has 1 N–H and O–H groups in total. The average molecular weight is 316 g/mol. The minimum absolute atomic E-state index is 0.0396. The molecule has 0 aromatic heterocycles. The summed E-state index contributed by atoms with van der Waals surface area (Å²) in [7, 11) is 0. The Balaban J connectivity index is 2.07. The Kier molecular flexibility index (Phi) is 4.86. The lowest BCUT2D eigenvalue weighted by Crippen LogP contribution is -2.48. The minimum Gasteiger partial charge on any atom is -0.360 e. The first kappa shape index (κ1) is 16.2. The molecule has 0 spiro atoms. The van der Waals surface area contributed by atoms with Crippen LogP contribution in [0.2, 0.25) is 0 Å². The van der Waals surface area contributed by atoms with Crippen molar-refractivity contribution in [1.82, 2.24) is 5.32 Å². The maximum atomic E-state index is 12.7. The van der Waals surface area contributed by atoms with Gasteiger partial charge in [0.1, 0.15) is 0 Å². The van der Waals surface area contributed by atoms with Crippen LogP contribution in [-0.2, 0) is 12.7 Å². The fourth-order valence-corrected chi connectivity index (χ4v) is 3.31. The lowest BCUT2D eigenvalue weighted by molar-refractivity contribution is -0.137. The van der Waals surface area contributed by atoms with E-state index in [0.717, 1.165) is 35.9 Å². The van der Waals surface area contributed by atoms with E-state index in [4.69, 9.17) is 0 Å². The molecule has 0 bridgehead atoms. The number of alkyl halides is 3. The van der Waals surface area contributed by atoms with Gasteiger partial charge in [0.25, 0.3) is 0 Å². The molecule has 2 nitrogen and oxygen atoms in total. The fraction of sp³-hybridized carbons (Fsp3) is 0.533. The monoisotopic (exact) mass is 316 g/mol. The number of rotatable bonds is 3. The van der Waals surface area contributed by atoms with Gasteiger partial charge < -0.3 is 5.32 Å². The largest absolute Gasteiger partial charge is 0.416 e. The predicted octanol–water partition coefficient (Wildman–Crippen LogP) is 4.46. The van der Waals surface area contributed by atoms with E-state index in [-0.39, 0.29) is 12.1 Å². The summed E-state index contributed by atoms with van der Waals surface area (Å²) in [5.74, 6) is 0.985. The van der Waals surface area contributed by atoms with Crippen molar-refractivity contribution in [2.75, 3.05) is 5.75 Å². The number of nitrogens with one attached hydrogen (secondary N) is 1. The zero-order valence-electron chi connectivity index (χ0n) is 12.1. The Morgan fingerprint density at radius 1 is 1.38 bits per heavy atom. The van der Waals surface area contributed by atoms with Crippen LogP contribution >= 0.6 is 11.8 Å². The molecule has 1 atom stereocenters. The van der Waals surface area contributed by atoms with Crippen LogP contribution in [0.1, 0.15) is 37.8 Å². The molecule has 1 aromatic rings. The van der Waals surface area contributed by atoms with Gasteiger partial charge in [-0.05, 0) is 37.5 Å². The summed E-state index contributed by atoms with van der Waals surface area (Å²) in [5.41, 5.74) is -0.0101. The molecule has 116 valence electrons. The average Bonchev–Trinajstić information content (AvgIpc) is 2.45. The van der Waals surface area contributed by atoms with Gasteiger partial charge in [-0.25, -0.2) is 0 Å². The Bertz CT molecular complexity index is 528. The fourth-order valence-electron chi connectivity index (χ4n) is 2.09. The molecular formula is C15H19F3N2S. The van der Waals surface area contributed by atoms with Crippen molar-refractivity contribution in [3.05, 3.63) is 35.4 Å². The van der Waals surface area contributed by atoms with E-state index in [9.17, 15) is 13.2 Å². The first-order chi connectivity index (χ1) is 9.82. The van der Waals surface area contributed by atoms with Gasteiger partial charge in [0.05, 0.1) is 12.1 Å². The van der Waals surface area contributed by atoms with Crippen LogP contribution in [0.15, 0.2) is 29.3 Å². The number of benzene rings is 1. The van der Waals surface area contributed by atoms with E-state index < -0.39 is 11.7 Å². The zero-order valence-corrected chi connectivity index (χ0v) is 12.9. The third-order valence-corrected chi connectivity index (χ3v) is 4.65. The maximum absolute atomic E-state index is 12.7. The third-order valence-electron chi connectivity index (χ3n) is 3.74. The molecule has 0 aliphatic carbocycles. The molecule has 21 heavy (non-hydrogen) atoms. The highest BCUT2D eigenvalue weighted by atomic mass is 32.2. The lowest BCUT2D eigenvalue weighted by Gasteiger charge is -2.35. The van der Waals surface area contributed by atoms with Crippen molar-refractivity contribution in [3.8, 4) is 0 Å². The summed E-state index contributed by atoms with van der Waals surface area (Å²) in [6.07, 6.45) is -2.24. The SMILES string of the molecule is CCC1(C)CCSC(=NCc2cccc(C(F)(F)F)c2)N1. The van der Waals surface area contributed by atoms with Crippen molar-refractivity contribution in [2.45, 2.75) is 44.9 Å². The van der Waals surface area contributed by atoms with Crippen molar-refractivity contribution >= 4 is 16.9 Å². The summed E-state index contributed by atoms with van der Waals surface area (Å²) >= 11 is 1.63. The first-order valence-electron chi connectivity index (χ1n) is 6.94. The van der Waals surface area contributed by atoms with Gasteiger partial charge in [0.15, 0.2) is 5.17 Å². The normalized spacial score (nSPS) is 24.9. The highest BCUT2D eigenvalue weighted by Gasteiger charge is 2.30. The summed E-state index contributed by atoms with van der Waals surface area (Å²) in [6.45, 7) is 4.53. The van der Waals surface area contributed by atoms with Gasteiger partial charge in [-0.2, -0.15) is 13.2 Å². The molecule has 0 radical (unpaired) electrons. The molecule has 6 heteroatoms. The van der Waals surface area contributed by atoms with Crippen LogP contribution in [0.4, 0.5) is 13.2 Å². The molecule has 0 saturated carbocycles. The predicted molar refractivity (Wildman–Crippen MR) is 81.5 cm³/mol. The van der Waals surface area contributed by atoms with E-state index in [1.165, 1.54) is 6.07 Å². The Morgan fingerprint density at radius 3 is 2.81 bits per heavy atom. The second-order valence-electron chi connectivity index (χ2n) is 5.46. The number of nitrogens with zero attached hydrogens (tertiary/aromatic N) is 1. The third kappa shape index (κ3) is 4.40. The number of thioether (sulfide) groups is 1. The van der Waals surface area contributed by atoms with Gasteiger partial charge >= 0.3 is 6.18 Å². The second kappa shape index (κ2) is 6.30. The smallest absolute Gasteiger partial charge is 0.360 e. The quantitative estimate of drug-likeness (QED) is 0.890. The molecule has 1 saturated heterocycles. The van der Waals surface area contributed by atoms with Crippen molar-refractivity contribution in [2.24, 2.45) is 4.99 Å². The molecule has 2 rings (SSSR count). The van der Waals surface area contributed by atoms with Gasteiger partial charge in [-0.3, -0.25) is 4.99 Å².